The first-order valence-corrected chi connectivity index (χ1v) is 8.35. The Kier molecular flexibility index (Phi) is 5.17. The summed E-state index contributed by atoms with van der Waals surface area (Å²) in [6.07, 6.45) is 1.73. The van der Waals surface area contributed by atoms with Crippen LogP contribution < -0.4 is 22.1 Å². The van der Waals surface area contributed by atoms with Crippen LogP contribution in [-0.2, 0) is 0 Å². The molecule has 1 aliphatic rings. The molecule has 6 N–H and O–H groups in total. The molecule has 1 heterocycles. The predicted octanol–water partition coefficient (Wildman–Crippen LogP) is 2.39. The Morgan fingerprint density at radius 2 is 2.11 bits per heavy atom. The van der Waals surface area contributed by atoms with E-state index in [0.29, 0.717) is 18.5 Å². The maximum Gasteiger partial charge on any atom is 0.271 e. The molecule has 7 nitrogen and oxygen atoms in total. The minimum atomic E-state index is -2.97. The average molecular weight is 380 g/mol. The van der Waals surface area contributed by atoms with Gasteiger partial charge in [0, 0.05) is 18.2 Å². The number of hydrogen-bond donors (Lipinski definition) is 4. The van der Waals surface area contributed by atoms with Crippen LogP contribution in [0.4, 0.5) is 30.5 Å². The summed E-state index contributed by atoms with van der Waals surface area (Å²) in [6.45, 7) is 0. The molecule has 1 saturated carbocycles. The van der Waals surface area contributed by atoms with Crippen molar-refractivity contribution in [3.63, 3.8) is 0 Å². The van der Waals surface area contributed by atoms with Crippen LogP contribution in [0, 0.1) is 5.82 Å². The molecule has 0 bridgehead atoms. The van der Waals surface area contributed by atoms with Crippen LogP contribution in [0.1, 0.15) is 29.8 Å². The van der Waals surface area contributed by atoms with E-state index in [1.54, 1.807) is 6.07 Å². The van der Waals surface area contributed by atoms with Gasteiger partial charge >= 0.3 is 0 Å². The molecule has 10 heteroatoms. The molecule has 0 saturated heterocycles. The maximum absolute atomic E-state index is 13.8. The predicted molar refractivity (Wildman–Crippen MR) is 94.4 cm³/mol. The molecule has 0 radical (unpaired) electrons. The number of carbonyl (C=O) groups excluding carboxylic acids is 1. The lowest BCUT2D eigenvalue weighted by Crippen LogP contribution is -2.55. The van der Waals surface area contributed by atoms with Crippen molar-refractivity contribution in [2.24, 2.45) is 11.5 Å². The highest BCUT2D eigenvalue weighted by molar-refractivity contribution is 5.96. The van der Waals surface area contributed by atoms with E-state index in [2.05, 4.69) is 20.6 Å². The monoisotopic (exact) mass is 380 g/mol. The fraction of sp³-hybridized carbons (Fsp3) is 0.353. The van der Waals surface area contributed by atoms with Gasteiger partial charge < -0.3 is 22.1 Å². The van der Waals surface area contributed by atoms with Crippen LogP contribution in [0.25, 0.3) is 0 Å². The molecular weight excluding hydrogens is 361 g/mol. The fourth-order valence-corrected chi connectivity index (χ4v) is 2.98. The summed E-state index contributed by atoms with van der Waals surface area (Å²) in [5.74, 6) is -4.17. The number of carbonyl (C=O) groups is 1. The zero-order valence-electron chi connectivity index (χ0n) is 14.3. The Labute approximate surface area is 153 Å². The van der Waals surface area contributed by atoms with Crippen LogP contribution in [0.2, 0.25) is 0 Å². The van der Waals surface area contributed by atoms with E-state index in [9.17, 15) is 18.0 Å². The van der Waals surface area contributed by atoms with Gasteiger partial charge in [-0.1, -0.05) is 6.07 Å². The number of aromatic nitrogens is 2. The summed E-state index contributed by atoms with van der Waals surface area (Å²) in [5, 5.41) is 5.61. The van der Waals surface area contributed by atoms with Gasteiger partial charge in [-0.25, -0.2) is 23.1 Å². The lowest BCUT2D eigenvalue weighted by atomic mass is 9.87. The van der Waals surface area contributed by atoms with Gasteiger partial charge in [-0.3, -0.25) is 4.79 Å². The van der Waals surface area contributed by atoms with Gasteiger partial charge in [-0.2, -0.15) is 0 Å². The van der Waals surface area contributed by atoms with Gasteiger partial charge in [0.05, 0.1) is 12.2 Å². The largest absolute Gasteiger partial charge is 0.364 e. The van der Waals surface area contributed by atoms with Crippen LogP contribution in [0.3, 0.4) is 0 Å². The highest BCUT2D eigenvalue weighted by Crippen LogP contribution is 2.33. The Bertz CT molecular complexity index is 847. The van der Waals surface area contributed by atoms with Crippen molar-refractivity contribution in [3.8, 4) is 0 Å². The Balaban J connectivity index is 1.86. The number of amides is 1. The normalized spacial score (nSPS) is 21.5. The third-order valence-corrected chi connectivity index (χ3v) is 4.37. The van der Waals surface area contributed by atoms with Gasteiger partial charge in [0.25, 0.3) is 11.8 Å². The molecule has 1 aliphatic carbocycles. The van der Waals surface area contributed by atoms with Gasteiger partial charge in [0.1, 0.15) is 11.6 Å². The Morgan fingerprint density at radius 1 is 1.33 bits per heavy atom. The SMILES string of the molecule is NC(=O)c1ncc(N[C@@H]2CCCC(F)(F)[C@@H]2N)nc1Nc1cccc(F)c1. The number of rotatable bonds is 5. The zero-order valence-corrected chi connectivity index (χ0v) is 14.3. The number of alkyl halides is 2. The average Bonchev–Trinajstić information content (AvgIpc) is 2.59. The number of nitrogens with zero attached hydrogens (tertiary/aromatic N) is 2. The van der Waals surface area contributed by atoms with Crippen molar-refractivity contribution in [1.29, 1.82) is 0 Å². The highest BCUT2D eigenvalue weighted by atomic mass is 19.3. The van der Waals surface area contributed by atoms with E-state index in [1.807, 2.05) is 0 Å². The number of anilines is 3. The second kappa shape index (κ2) is 7.39. The molecule has 2 aromatic rings. The lowest BCUT2D eigenvalue weighted by Gasteiger charge is -2.36. The molecule has 1 amide bonds. The molecule has 3 rings (SSSR count). The van der Waals surface area contributed by atoms with E-state index in [1.165, 1.54) is 24.4 Å². The molecule has 0 aliphatic heterocycles. The third kappa shape index (κ3) is 4.27. The first-order valence-electron chi connectivity index (χ1n) is 8.35. The number of hydrogen-bond acceptors (Lipinski definition) is 6. The van der Waals surface area contributed by atoms with E-state index in [4.69, 9.17) is 11.5 Å². The molecule has 1 fully saturated rings. The molecule has 0 unspecified atom stereocenters. The smallest absolute Gasteiger partial charge is 0.271 e. The number of nitrogens with two attached hydrogens (primary N) is 2. The fourth-order valence-electron chi connectivity index (χ4n) is 2.98. The van der Waals surface area contributed by atoms with Gasteiger partial charge in [0.15, 0.2) is 11.5 Å². The number of primary amides is 1. The van der Waals surface area contributed by atoms with E-state index in [0.717, 1.165) is 0 Å². The minimum Gasteiger partial charge on any atom is -0.364 e. The van der Waals surface area contributed by atoms with Crippen molar-refractivity contribution in [2.75, 3.05) is 10.6 Å². The molecule has 1 aromatic heterocycles. The first kappa shape index (κ1) is 18.9. The highest BCUT2D eigenvalue weighted by Gasteiger charge is 2.44. The van der Waals surface area contributed by atoms with Crippen LogP contribution in [-0.4, -0.2) is 33.9 Å². The molecule has 0 spiro atoms. The van der Waals surface area contributed by atoms with Crippen LogP contribution in [0.5, 0.6) is 0 Å². The topological polar surface area (TPSA) is 119 Å². The third-order valence-electron chi connectivity index (χ3n) is 4.37. The summed E-state index contributed by atoms with van der Waals surface area (Å²) in [5.41, 5.74) is 11.1. The van der Waals surface area contributed by atoms with Gasteiger partial charge in [-0.15, -0.1) is 0 Å². The van der Waals surface area contributed by atoms with Crippen LogP contribution >= 0.6 is 0 Å². The minimum absolute atomic E-state index is 0.0192. The van der Waals surface area contributed by atoms with E-state index < -0.39 is 29.7 Å². The van der Waals surface area contributed by atoms with Crippen molar-refractivity contribution < 1.29 is 18.0 Å². The number of nitrogens with one attached hydrogen (secondary N) is 2. The number of halogens is 3. The van der Waals surface area contributed by atoms with E-state index >= 15 is 0 Å². The molecule has 27 heavy (non-hydrogen) atoms. The molecule has 1 aromatic carbocycles. The summed E-state index contributed by atoms with van der Waals surface area (Å²) < 4.78 is 41.0. The summed E-state index contributed by atoms with van der Waals surface area (Å²) in [6, 6.07) is 3.42. The number of benzene rings is 1. The summed E-state index contributed by atoms with van der Waals surface area (Å²) >= 11 is 0. The quantitative estimate of drug-likeness (QED) is 0.632. The molecule has 2 atom stereocenters. The lowest BCUT2D eigenvalue weighted by molar-refractivity contribution is -0.0554. The zero-order chi connectivity index (χ0) is 19.6. The van der Waals surface area contributed by atoms with E-state index in [-0.39, 0.29) is 23.8 Å². The van der Waals surface area contributed by atoms with Crippen LogP contribution in [0.15, 0.2) is 30.5 Å². The Hall–Kier alpha value is -2.88. The standard InChI is InChI=1S/C17H19F3N6O/c18-9-3-1-4-10(7-9)24-16-13(15(22)27)23-8-12(26-16)25-11-5-2-6-17(19,20)14(11)21/h1,3-4,7-8,11,14H,2,5-6,21H2,(H2,22,27)(H2,24,25,26)/t11-,14-/m1/s1. The Morgan fingerprint density at radius 3 is 2.81 bits per heavy atom. The molecular formula is C17H19F3N6O. The summed E-state index contributed by atoms with van der Waals surface area (Å²) in [4.78, 5) is 19.7. The second-order valence-corrected chi connectivity index (χ2v) is 6.38. The maximum atomic E-state index is 13.8. The van der Waals surface area contributed by atoms with Crippen molar-refractivity contribution in [1.82, 2.24) is 9.97 Å². The van der Waals surface area contributed by atoms with Gasteiger partial charge in [-0.05, 0) is 31.0 Å². The second-order valence-electron chi connectivity index (χ2n) is 6.38. The van der Waals surface area contributed by atoms with Crippen molar-refractivity contribution in [2.45, 2.75) is 37.3 Å². The van der Waals surface area contributed by atoms with Crippen molar-refractivity contribution in [3.05, 3.63) is 42.0 Å². The summed E-state index contributed by atoms with van der Waals surface area (Å²) in [7, 11) is 0. The van der Waals surface area contributed by atoms with Crippen molar-refractivity contribution >= 4 is 23.2 Å². The molecule has 144 valence electrons. The first-order chi connectivity index (χ1) is 12.8. The van der Waals surface area contributed by atoms with Gasteiger partial charge in [0.2, 0.25) is 0 Å².